The molecule has 2 atom stereocenters. The van der Waals surface area contributed by atoms with E-state index in [2.05, 4.69) is 41.0 Å². The Hall–Kier alpha value is -3.66. The van der Waals surface area contributed by atoms with Gasteiger partial charge in [0.1, 0.15) is 6.61 Å². The van der Waals surface area contributed by atoms with E-state index >= 15 is 0 Å². The van der Waals surface area contributed by atoms with Crippen LogP contribution in [0.3, 0.4) is 0 Å². The van der Waals surface area contributed by atoms with Gasteiger partial charge in [0.05, 0.1) is 6.61 Å². The summed E-state index contributed by atoms with van der Waals surface area (Å²) in [7, 11) is 0. The van der Waals surface area contributed by atoms with E-state index < -0.39 is 36.7 Å². The molecule has 2 unspecified atom stereocenters. The second-order valence-electron chi connectivity index (χ2n) is 10.5. The third-order valence-electron chi connectivity index (χ3n) is 7.09. The molecule has 0 aliphatic carbocycles. The molecule has 3 rings (SSSR count). The number of fused-ring (bicyclic) bond motifs is 1. The highest BCUT2D eigenvalue weighted by Crippen LogP contribution is 2.20. The maximum absolute atomic E-state index is 13.1. The summed E-state index contributed by atoms with van der Waals surface area (Å²) >= 11 is 6.18. The highest BCUT2D eigenvalue weighted by atomic mass is 35.5. The Morgan fingerprint density at radius 2 is 1.64 bits per heavy atom. The van der Waals surface area contributed by atoms with Gasteiger partial charge in [-0.1, -0.05) is 66.6 Å². The molecule has 0 aromatic heterocycles. The van der Waals surface area contributed by atoms with Crippen LogP contribution in [0.1, 0.15) is 50.2 Å². The molecule has 9 nitrogen and oxygen atoms in total. The van der Waals surface area contributed by atoms with Crippen molar-refractivity contribution in [3.05, 3.63) is 76.8 Å². The molecule has 0 radical (unpaired) electrons. The summed E-state index contributed by atoms with van der Waals surface area (Å²) in [5, 5.41) is 19.0. The molecular weight excluding hydrogens is 584 g/mol. The SMILES string of the molecule is CCOC(=O)COC(C(=O)O)C(OCCCCNc1ccc(C)c(Cl)c1)C(=O)NCCCCCc1ccc2ccccc2c1. The first-order valence-electron chi connectivity index (χ1n) is 15.2. The second-order valence-corrected chi connectivity index (χ2v) is 11.0. The summed E-state index contributed by atoms with van der Waals surface area (Å²) in [6.45, 7) is 4.23. The molecule has 0 fully saturated rings. The van der Waals surface area contributed by atoms with Crippen LogP contribution in [0.15, 0.2) is 60.7 Å². The number of carbonyl (C=O) groups excluding carboxylic acids is 2. The lowest BCUT2D eigenvalue weighted by Crippen LogP contribution is -2.49. The van der Waals surface area contributed by atoms with Gasteiger partial charge < -0.3 is 30.0 Å². The molecular formula is C34H43ClN2O7. The van der Waals surface area contributed by atoms with Crippen molar-refractivity contribution in [3.63, 3.8) is 0 Å². The minimum atomic E-state index is -1.67. The Labute approximate surface area is 264 Å². The molecule has 0 aliphatic rings. The molecule has 0 saturated heterocycles. The van der Waals surface area contributed by atoms with Crippen molar-refractivity contribution in [2.75, 3.05) is 38.2 Å². The molecule has 10 heteroatoms. The summed E-state index contributed by atoms with van der Waals surface area (Å²) in [5.41, 5.74) is 3.16. The average molecular weight is 627 g/mol. The van der Waals surface area contributed by atoms with E-state index in [4.69, 9.17) is 25.8 Å². The van der Waals surface area contributed by atoms with E-state index in [1.807, 2.05) is 37.3 Å². The number of rotatable bonds is 20. The van der Waals surface area contributed by atoms with Crippen LogP contribution in [-0.4, -0.2) is 68.1 Å². The number of ether oxygens (including phenoxy) is 3. The molecule has 3 N–H and O–H groups in total. The third-order valence-corrected chi connectivity index (χ3v) is 7.49. The standard InChI is InChI=1S/C34H43ClN2O7/c1-3-42-30(38)23-44-32(34(40)41)31(43-20-10-9-18-36-28-17-14-24(2)29(35)22-28)33(39)37-19-8-4-5-11-25-15-16-26-12-6-7-13-27(26)21-25/h6-7,12-17,21-22,31-32,36H,3-5,8-11,18-20,23H2,1-2H3,(H,37,39)(H,40,41). The summed E-state index contributed by atoms with van der Waals surface area (Å²) in [4.78, 5) is 36.9. The molecule has 3 aromatic rings. The van der Waals surface area contributed by atoms with E-state index in [1.165, 1.54) is 16.3 Å². The van der Waals surface area contributed by atoms with Crippen LogP contribution in [0, 0.1) is 6.92 Å². The van der Waals surface area contributed by atoms with Crippen molar-refractivity contribution in [2.24, 2.45) is 0 Å². The maximum atomic E-state index is 13.1. The number of esters is 1. The van der Waals surface area contributed by atoms with Crippen LogP contribution >= 0.6 is 11.6 Å². The van der Waals surface area contributed by atoms with Crippen LogP contribution in [0.4, 0.5) is 5.69 Å². The molecule has 1 amide bonds. The topological polar surface area (TPSA) is 123 Å². The van der Waals surface area contributed by atoms with Gasteiger partial charge in [-0.25, -0.2) is 9.59 Å². The van der Waals surface area contributed by atoms with Gasteiger partial charge >= 0.3 is 11.9 Å². The zero-order valence-corrected chi connectivity index (χ0v) is 26.2. The number of unbranched alkanes of at least 4 members (excludes halogenated alkanes) is 3. The van der Waals surface area contributed by atoms with Crippen molar-refractivity contribution in [1.29, 1.82) is 0 Å². The van der Waals surface area contributed by atoms with Gasteiger partial charge in [-0.2, -0.15) is 0 Å². The molecule has 44 heavy (non-hydrogen) atoms. The van der Waals surface area contributed by atoms with Crippen molar-refractivity contribution < 1.29 is 33.7 Å². The maximum Gasteiger partial charge on any atom is 0.336 e. The molecule has 238 valence electrons. The Bertz CT molecular complexity index is 1370. The van der Waals surface area contributed by atoms with Gasteiger partial charge in [0, 0.05) is 30.4 Å². The quantitative estimate of drug-likeness (QED) is 0.104. The zero-order chi connectivity index (χ0) is 31.7. The number of aryl methyl sites for hydroxylation is 2. The summed E-state index contributed by atoms with van der Waals surface area (Å²) < 4.78 is 15.9. The number of aliphatic carboxylic acids is 1. The molecule has 0 aliphatic heterocycles. The first-order chi connectivity index (χ1) is 21.3. The summed E-state index contributed by atoms with van der Waals surface area (Å²) in [6, 6.07) is 20.5. The van der Waals surface area contributed by atoms with Crippen molar-refractivity contribution in [3.8, 4) is 0 Å². The van der Waals surface area contributed by atoms with Crippen LogP contribution in [0.2, 0.25) is 5.02 Å². The monoisotopic (exact) mass is 626 g/mol. The van der Waals surface area contributed by atoms with Gasteiger partial charge in [0.15, 0.2) is 12.2 Å². The van der Waals surface area contributed by atoms with Crippen molar-refractivity contribution >= 4 is 45.9 Å². The van der Waals surface area contributed by atoms with E-state index in [1.54, 1.807) is 6.92 Å². The zero-order valence-electron chi connectivity index (χ0n) is 25.5. The molecule has 3 aromatic carbocycles. The van der Waals surface area contributed by atoms with Crippen molar-refractivity contribution in [2.45, 2.75) is 64.6 Å². The number of amides is 1. The minimum absolute atomic E-state index is 0.129. The van der Waals surface area contributed by atoms with Crippen LogP contribution in [-0.2, 0) is 35.0 Å². The number of hydrogen-bond donors (Lipinski definition) is 3. The Morgan fingerprint density at radius 1 is 0.864 bits per heavy atom. The lowest BCUT2D eigenvalue weighted by Gasteiger charge is -2.23. The van der Waals surface area contributed by atoms with Crippen molar-refractivity contribution in [1.82, 2.24) is 5.32 Å². The van der Waals surface area contributed by atoms with E-state index in [-0.39, 0.29) is 13.2 Å². The number of carboxylic acids is 1. The Morgan fingerprint density at radius 3 is 2.39 bits per heavy atom. The van der Waals surface area contributed by atoms with Gasteiger partial charge in [-0.3, -0.25) is 4.79 Å². The fourth-order valence-electron chi connectivity index (χ4n) is 4.66. The Kier molecular flexibility index (Phi) is 14.9. The fraction of sp³-hybridized carbons (Fsp3) is 0.441. The highest BCUT2D eigenvalue weighted by molar-refractivity contribution is 6.31. The van der Waals surface area contributed by atoms with Crippen LogP contribution in [0.25, 0.3) is 10.8 Å². The largest absolute Gasteiger partial charge is 0.479 e. The number of anilines is 1. The smallest absolute Gasteiger partial charge is 0.336 e. The predicted octanol–water partition coefficient (Wildman–Crippen LogP) is 5.94. The Balaban J connectivity index is 1.46. The fourth-order valence-corrected chi connectivity index (χ4v) is 4.84. The number of benzene rings is 3. The normalized spacial score (nSPS) is 12.4. The van der Waals surface area contributed by atoms with Gasteiger partial charge in [0.25, 0.3) is 5.91 Å². The second kappa shape index (κ2) is 18.9. The highest BCUT2D eigenvalue weighted by Gasteiger charge is 2.36. The van der Waals surface area contributed by atoms with Gasteiger partial charge in [-0.15, -0.1) is 0 Å². The van der Waals surface area contributed by atoms with Crippen LogP contribution < -0.4 is 10.6 Å². The average Bonchev–Trinajstić information content (AvgIpc) is 3.01. The summed E-state index contributed by atoms with van der Waals surface area (Å²) in [5.74, 6) is -2.71. The number of halogens is 1. The third kappa shape index (κ3) is 11.8. The molecule has 0 saturated carbocycles. The summed E-state index contributed by atoms with van der Waals surface area (Å²) in [6.07, 6.45) is 1.68. The van der Waals surface area contributed by atoms with Gasteiger partial charge in [0.2, 0.25) is 0 Å². The van der Waals surface area contributed by atoms with Crippen LogP contribution in [0.5, 0.6) is 0 Å². The predicted molar refractivity (Wildman–Crippen MR) is 172 cm³/mol. The van der Waals surface area contributed by atoms with E-state index in [9.17, 15) is 19.5 Å². The first kappa shape index (κ1) is 34.8. The van der Waals surface area contributed by atoms with Gasteiger partial charge in [-0.05, 0) is 80.0 Å². The van der Waals surface area contributed by atoms with E-state index in [0.717, 1.165) is 36.9 Å². The number of carboxylic acid groups (broad SMARTS) is 1. The minimum Gasteiger partial charge on any atom is -0.479 e. The number of nitrogens with one attached hydrogen (secondary N) is 2. The number of carbonyl (C=O) groups is 3. The lowest BCUT2D eigenvalue weighted by molar-refractivity contribution is -0.174. The number of hydrogen-bond acceptors (Lipinski definition) is 7. The molecule has 0 heterocycles. The molecule has 0 bridgehead atoms. The lowest BCUT2D eigenvalue weighted by atomic mass is 10.0. The first-order valence-corrected chi connectivity index (χ1v) is 15.5. The molecule has 0 spiro atoms. The van der Waals surface area contributed by atoms with E-state index in [0.29, 0.717) is 31.0 Å².